The summed E-state index contributed by atoms with van der Waals surface area (Å²) in [5.74, 6) is -1.60. The van der Waals surface area contributed by atoms with Crippen LogP contribution in [0.1, 0.15) is 6.92 Å². The zero-order chi connectivity index (χ0) is 11.4. The lowest BCUT2D eigenvalue weighted by molar-refractivity contribution is -0.156. The molecule has 1 aliphatic heterocycles. The fraction of sp³-hybridized carbons (Fsp3) is 0.778. The first-order valence-electron chi connectivity index (χ1n) is 4.86. The number of ether oxygens (including phenoxy) is 1. The number of amides is 1. The molecule has 6 heteroatoms. The second kappa shape index (κ2) is 5.09. The lowest BCUT2D eigenvalue weighted by atomic mass is 10.1. The van der Waals surface area contributed by atoms with E-state index in [4.69, 9.17) is 15.6 Å². The molecular weight excluding hydrogens is 200 g/mol. The number of aliphatic carboxylic acids is 1. The number of carbonyl (C=O) groups is 2. The zero-order valence-electron chi connectivity index (χ0n) is 8.68. The summed E-state index contributed by atoms with van der Waals surface area (Å²) >= 11 is 0. The highest BCUT2D eigenvalue weighted by Gasteiger charge is 2.27. The molecule has 2 atom stereocenters. The Labute approximate surface area is 88.0 Å². The Balaban J connectivity index is 2.43. The predicted molar refractivity (Wildman–Crippen MR) is 52.2 cm³/mol. The summed E-state index contributed by atoms with van der Waals surface area (Å²) in [6, 6.07) is 0. The molecule has 1 heterocycles. The topological polar surface area (TPSA) is 92.9 Å². The molecule has 1 aliphatic rings. The molecule has 0 aromatic rings. The average molecular weight is 216 g/mol. The van der Waals surface area contributed by atoms with Gasteiger partial charge in [-0.1, -0.05) is 6.92 Å². The van der Waals surface area contributed by atoms with Crippen molar-refractivity contribution in [1.82, 2.24) is 4.90 Å². The van der Waals surface area contributed by atoms with Crippen LogP contribution in [0, 0.1) is 5.92 Å². The second-order valence-corrected chi connectivity index (χ2v) is 3.76. The maximum Gasteiger partial charge on any atom is 0.334 e. The number of hydrogen-bond acceptors (Lipinski definition) is 4. The number of rotatable bonds is 4. The first-order chi connectivity index (χ1) is 7.00. The van der Waals surface area contributed by atoms with Crippen molar-refractivity contribution in [1.29, 1.82) is 0 Å². The third-order valence-corrected chi connectivity index (χ3v) is 2.44. The lowest BCUT2D eigenvalue weighted by Crippen LogP contribution is -2.48. The summed E-state index contributed by atoms with van der Waals surface area (Å²) in [4.78, 5) is 23.4. The number of nitrogens with two attached hydrogens (primary N) is 1. The molecule has 1 saturated heterocycles. The van der Waals surface area contributed by atoms with Gasteiger partial charge in [0.05, 0.1) is 6.61 Å². The van der Waals surface area contributed by atoms with Crippen LogP contribution in [0.3, 0.4) is 0 Å². The van der Waals surface area contributed by atoms with Crippen LogP contribution in [0.5, 0.6) is 0 Å². The van der Waals surface area contributed by atoms with Gasteiger partial charge < -0.3 is 15.6 Å². The molecule has 0 aliphatic carbocycles. The molecule has 0 aromatic carbocycles. The van der Waals surface area contributed by atoms with Gasteiger partial charge in [0.1, 0.15) is 0 Å². The zero-order valence-corrected chi connectivity index (χ0v) is 8.68. The van der Waals surface area contributed by atoms with Crippen molar-refractivity contribution >= 4 is 11.9 Å². The first kappa shape index (κ1) is 11.9. The Hall–Kier alpha value is -1.14. The van der Waals surface area contributed by atoms with E-state index >= 15 is 0 Å². The SMILES string of the molecule is CC(CN1CCOC(C(=O)O)C1)C(N)=O. The molecule has 2 unspecified atom stereocenters. The highest BCUT2D eigenvalue weighted by molar-refractivity contribution is 5.76. The molecule has 0 spiro atoms. The Morgan fingerprint density at radius 2 is 2.33 bits per heavy atom. The van der Waals surface area contributed by atoms with E-state index in [1.165, 1.54) is 0 Å². The van der Waals surface area contributed by atoms with E-state index in [1.807, 2.05) is 4.90 Å². The molecule has 0 radical (unpaired) electrons. The van der Waals surface area contributed by atoms with Gasteiger partial charge in [-0.2, -0.15) is 0 Å². The smallest absolute Gasteiger partial charge is 0.334 e. The Kier molecular flexibility index (Phi) is 4.05. The van der Waals surface area contributed by atoms with Crippen LogP contribution in [0.15, 0.2) is 0 Å². The largest absolute Gasteiger partial charge is 0.479 e. The normalized spacial score (nSPS) is 24.7. The third kappa shape index (κ3) is 3.49. The van der Waals surface area contributed by atoms with Crippen LogP contribution >= 0.6 is 0 Å². The number of morpholine rings is 1. The standard InChI is InChI=1S/C9H16N2O4/c1-6(8(10)12)4-11-2-3-15-7(5-11)9(13)14/h6-7H,2-5H2,1H3,(H2,10,12)(H,13,14). The molecule has 86 valence electrons. The van der Waals surface area contributed by atoms with Crippen molar-refractivity contribution in [2.45, 2.75) is 13.0 Å². The van der Waals surface area contributed by atoms with Crippen LogP contribution in [0.25, 0.3) is 0 Å². The molecule has 3 N–H and O–H groups in total. The molecule has 0 saturated carbocycles. The van der Waals surface area contributed by atoms with E-state index < -0.39 is 12.1 Å². The fourth-order valence-corrected chi connectivity index (χ4v) is 1.50. The van der Waals surface area contributed by atoms with Crippen molar-refractivity contribution in [2.75, 3.05) is 26.2 Å². The lowest BCUT2D eigenvalue weighted by Gasteiger charge is -2.31. The minimum atomic E-state index is -0.966. The van der Waals surface area contributed by atoms with Gasteiger partial charge in [0.15, 0.2) is 6.10 Å². The summed E-state index contributed by atoms with van der Waals surface area (Å²) in [6.45, 7) is 3.55. The highest BCUT2D eigenvalue weighted by Crippen LogP contribution is 2.08. The van der Waals surface area contributed by atoms with E-state index in [-0.39, 0.29) is 11.8 Å². The quantitative estimate of drug-likeness (QED) is 0.621. The van der Waals surface area contributed by atoms with Crippen LogP contribution in [-0.2, 0) is 14.3 Å². The number of carbonyl (C=O) groups excluding carboxylic acids is 1. The number of carboxylic acids is 1. The van der Waals surface area contributed by atoms with Crippen LogP contribution in [0.2, 0.25) is 0 Å². The Morgan fingerprint density at radius 3 is 2.87 bits per heavy atom. The summed E-state index contributed by atoms with van der Waals surface area (Å²) in [6.07, 6.45) is -0.793. The molecule has 1 amide bonds. The second-order valence-electron chi connectivity index (χ2n) is 3.76. The highest BCUT2D eigenvalue weighted by atomic mass is 16.5. The minimum absolute atomic E-state index is 0.266. The number of carboxylic acid groups (broad SMARTS) is 1. The Morgan fingerprint density at radius 1 is 1.67 bits per heavy atom. The average Bonchev–Trinajstić information content (AvgIpc) is 2.18. The molecule has 0 bridgehead atoms. The third-order valence-electron chi connectivity index (χ3n) is 2.44. The van der Waals surface area contributed by atoms with E-state index in [1.54, 1.807) is 6.92 Å². The minimum Gasteiger partial charge on any atom is -0.479 e. The fourth-order valence-electron chi connectivity index (χ4n) is 1.50. The van der Waals surface area contributed by atoms with Crippen LogP contribution in [-0.4, -0.2) is 54.2 Å². The summed E-state index contributed by atoms with van der Waals surface area (Å²) < 4.78 is 5.05. The van der Waals surface area contributed by atoms with Gasteiger partial charge in [0.25, 0.3) is 0 Å². The monoisotopic (exact) mass is 216 g/mol. The number of primary amides is 1. The van der Waals surface area contributed by atoms with Gasteiger partial charge in [-0.15, -0.1) is 0 Å². The molecule has 15 heavy (non-hydrogen) atoms. The molecule has 6 nitrogen and oxygen atoms in total. The van der Waals surface area contributed by atoms with Crippen LogP contribution in [0.4, 0.5) is 0 Å². The Bertz CT molecular complexity index is 254. The van der Waals surface area contributed by atoms with Crippen molar-refractivity contribution in [3.05, 3.63) is 0 Å². The van der Waals surface area contributed by atoms with E-state index in [2.05, 4.69) is 0 Å². The van der Waals surface area contributed by atoms with Crippen LogP contribution < -0.4 is 5.73 Å². The van der Waals surface area contributed by atoms with Crippen molar-refractivity contribution in [3.8, 4) is 0 Å². The number of nitrogens with zero attached hydrogens (tertiary/aromatic N) is 1. The van der Waals surface area contributed by atoms with E-state index in [9.17, 15) is 9.59 Å². The van der Waals surface area contributed by atoms with Gasteiger partial charge in [0.2, 0.25) is 5.91 Å². The maximum atomic E-state index is 10.8. The van der Waals surface area contributed by atoms with Gasteiger partial charge in [-0.3, -0.25) is 9.69 Å². The summed E-state index contributed by atoms with van der Waals surface area (Å²) in [5.41, 5.74) is 5.13. The summed E-state index contributed by atoms with van der Waals surface area (Å²) in [5, 5.41) is 8.76. The van der Waals surface area contributed by atoms with Crippen molar-refractivity contribution < 1.29 is 19.4 Å². The first-order valence-corrected chi connectivity index (χ1v) is 4.86. The maximum absolute atomic E-state index is 10.8. The van der Waals surface area contributed by atoms with Gasteiger partial charge in [-0.05, 0) is 0 Å². The van der Waals surface area contributed by atoms with E-state index in [0.29, 0.717) is 26.2 Å². The molecule has 1 rings (SSSR count). The van der Waals surface area contributed by atoms with Crippen molar-refractivity contribution in [3.63, 3.8) is 0 Å². The molecule has 0 aromatic heterocycles. The molecular formula is C9H16N2O4. The number of hydrogen-bond donors (Lipinski definition) is 2. The van der Waals surface area contributed by atoms with Crippen molar-refractivity contribution in [2.24, 2.45) is 11.7 Å². The van der Waals surface area contributed by atoms with Gasteiger partial charge in [-0.25, -0.2) is 4.79 Å². The van der Waals surface area contributed by atoms with E-state index in [0.717, 1.165) is 0 Å². The predicted octanol–water partition coefficient (Wildman–Crippen LogP) is -1.11. The van der Waals surface area contributed by atoms with Gasteiger partial charge in [0, 0.05) is 25.6 Å². The molecule has 1 fully saturated rings. The summed E-state index contributed by atoms with van der Waals surface area (Å²) in [7, 11) is 0. The van der Waals surface area contributed by atoms with Gasteiger partial charge >= 0.3 is 5.97 Å².